The van der Waals surface area contributed by atoms with Crippen molar-refractivity contribution in [3.8, 4) is 0 Å². The van der Waals surface area contributed by atoms with Crippen molar-refractivity contribution in [1.82, 2.24) is 4.90 Å². The number of ketones is 1. The number of hydrogen-bond donors (Lipinski definition) is 0. The molecule has 104 valence electrons. The zero-order chi connectivity index (χ0) is 13.4. The number of ether oxygens (including phenoxy) is 2. The van der Waals surface area contributed by atoms with Gasteiger partial charge in [0.15, 0.2) is 5.78 Å². The Bertz CT molecular complexity index is 303. The Kier molecular flexibility index (Phi) is 3.81. The number of Topliss-reactive ketones (excluding diaryl/α,β-unsaturated/α-hetero) is 1. The van der Waals surface area contributed by atoms with Crippen molar-refractivity contribution >= 4 is 5.78 Å². The van der Waals surface area contributed by atoms with E-state index in [1.807, 2.05) is 0 Å². The van der Waals surface area contributed by atoms with Gasteiger partial charge >= 0.3 is 0 Å². The Morgan fingerprint density at radius 1 is 1.22 bits per heavy atom. The van der Waals surface area contributed by atoms with Gasteiger partial charge in [0.05, 0.1) is 24.4 Å². The lowest BCUT2D eigenvalue weighted by molar-refractivity contribution is -0.181. The third-order valence-corrected chi connectivity index (χ3v) is 3.53. The van der Waals surface area contributed by atoms with E-state index in [1.54, 1.807) is 0 Å². The smallest absolute Gasteiger partial charge is 0.152 e. The molecule has 0 amide bonds. The molecular weight excluding hydrogens is 230 g/mol. The molecule has 0 aromatic carbocycles. The van der Waals surface area contributed by atoms with Crippen molar-refractivity contribution in [1.29, 1.82) is 0 Å². The van der Waals surface area contributed by atoms with Gasteiger partial charge in [0.1, 0.15) is 0 Å². The molecule has 0 bridgehead atoms. The molecule has 2 saturated heterocycles. The fourth-order valence-electron chi connectivity index (χ4n) is 3.20. The van der Waals surface area contributed by atoms with Gasteiger partial charge in [0.25, 0.3) is 0 Å². The van der Waals surface area contributed by atoms with Crippen LogP contribution in [0.5, 0.6) is 0 Å². The van der Waals surface area contributed by atoms with Gasteiger partial charge in [0.2, 0.25) is 0 Å². The molecule has 2 rings (SSSR count). The number of rotatable bonds is 3. The lowest BCUT2D eigenvalue weighted by Crippen LogP contribution is -2.58. The normalized spacial score (nSPS) is 31.4. The zero-order valence-corrected chi connectivity index (χ0v) is 12.0. The number of carbonyl (C=O) groups excluding carboxylic acids is 1. The summed E-state index contributed by atoms with van der Waals surface area (Å²) in [7, 11) is 0. The highest BCUT2D eigenvalue weighted by molar-refractivity contribution is 5.83. The largest absolute Gasteiger partial charge is 0.381 e. The fourth-order valence-corrected chi connectivity index (χ4v) is 3.20. The quantitative estimate of drug-likeness (QED) is 0.766. The summed E-state index contributed by atoms with van der Waals surface area (Å²) in [4.78, 5) is 14.4. The van der Waals surface area contributed by atoms with E-state index < -0.39 is 0 Å². The number of morpholine rings is 1. The summed E-state index contributed by atoms with van der Waals surface area (Å²) < 4.78 is 11.3. The molecule has 0 saturated carbocycles. The average molecular weight is 255 g/mol. The Labute approximate surface area is 110 Å². The van der Waals surface area contributed by atoms with Crippen LogP contribution in [0.1, 0.15) is 34.1 Å². The number of nitrogens with zero attached hydrogens (tertiary/aromatic N) is 1. The van der Waals surface area contributed by atoms with Crippen molar-refractivity contribution in [3.63, 3.8) is 0 Å². The molecule has 0 aliphatic carbocycles. The summed E-state index contributed by atoms with van der Waals surface area (Å²) in [5, 5.41) is 0. The van der Waals surface area contributed by atoms with Gasteiger partial charge < -0.3 is 9.47 Å². The lowest BCUT2D eigenvalue weighted by atomic mass is 9.97. The second-order valence-corrected chi connectivity index (χ2v) is 6.79. The van der Waals surface area contributed by atoms with Gasteiger partial charge in [-0.1, -0.05) is 0 Å². The van der Waals surface area contributed by atoms with Crippen LogP contribution in [0.25, 0.3) is 0 Å². The Morgan fingerprint density at radius 2 is 1.83 bits per heavy atom. The molecule has 2 aliphatic rings. The predicted octanol–water partition coefficient (Wildman–Crippen LogP) is 1.48. The molecule has 4 nitrogen and oxygen atoms in total. The van der Waals surface area contributed by atoms with Crippen LogP contribution in [0.3, 0.4) is 0 Å². The van der Waals surface area contributed by atoms with E-state index in [-0.39, 0.29) is 17.1 Å². The fraction of sp³-hybridized carbons (Fsp3) is 0.929. The minimum absolute atomic E-state index is 0.110. The maximum atomic E-state index is 12.2. The molecule has 0 aromatic rings. The van der Waals surface area contributed by atoms with E-state index in [9.17, 15) is 4.79 Å². The van der Waals surface area contributed by atoms with E-state index in [4.69, 9.17) is 9.47 Å². The minimum atomic E-state index is -0.186. The maximum Gasteiger partial charge on any atom is 0.152 e. The lowest BCUT2D eigenvalue weighted by Gasteiger charge is -2.47. The third kappa shape index (κ3) is 3.53. The van der Waals surface area contributed by atoms with Crippen LogP contribution in [-0.2, 0) is 14.3 Å². The van der Waals surface area contributed by atoms with E-state index in [2.05, 4.69) is 32.6 Å². The zero-order valence-electron chi connectivity index (χ0n) is 12.0. The molecule has 0 radical (unpaired) electrons. The first kappa shape index (κ1) is 14.0. The highest BCUT2D eigenvalue weighted by atomic mass is 16.5. The Morgan fingerprint density at radius 3 is 2.33 bits per heavy atom. The molecule has 0 aromatic heterocycles. The van der Waals surface area contributed by atoms with Crippen molar-refractivity contribution in [2.24, 2.45) is 5.92 Å². The first-order chi connectivity index (χ1) is 8.27. The van der Waals surface area contributed by atoms with Crippen LogP contribution in [-0.4, -0.2) is 54.7 Å². The SMILES string of the molecule is CC1(C)CN(CC(=O)C2CCOC2)CC(C)(C)O1. The highest BCUT2D eigenvalue weighted by Gasteiger charge is 2.39. The summed E-state index contributed by atoms with van der Waals surface area (Å²) in [5.41, 5.74) is -0.373. The Hall–Kier alpha value is -0.450. The standard InChI is InChI=1S/C14H25NO3/c1-13(2)9-15(10-14(3,4)18-13)7-12(16)11-5-6-17-8-11/h11H,5-10H2,1-4H3. The third-order valence-electron chi connectivity index (χ3n) is 3.53. The van der Waals surface area contributed by atoms with Gasteiger partial charge in [-0.25, -0.2) is 0 Å². The number of carbonyl (C=O) groups is 1. The van der Waals surface area contributed by atoms with Gasteiger partial charge in [0, 0.05) is 25.6 Å². The Balaban J connectivity index is 1.94. The second-order valence-electron chi connectivity index (χ2n) is 6.79. The van der Waals surface area contributed by atoms with Crippen LogP contribution < -0.4 is 0 Å². The predicted molar refractivity (Wildman–Crippen MR) is 69.6 cm³/mol. The van der Waals surface area contributed by atoms with Gasteiger partial charge in [-0.15, -0.1) is 0 Å². The summed E-state index contributed by atoms with van der Waals surface area (Å²) >= 11 is 0. The van der Waals surface area contributed by atoms with Crippen molar-refractivity contribution in [3.05, 3.63) is 0 Å². The van der Waals surface area contributed by atoms with Crippen LogP contribution in [0, 0.1) is 5.92 Å². The first-order valence-electron chi connectivity index (χ1n) is 6.80. The van der Waals surface area contributed by atoms with Crippen LogP contribution >= 0.6 is 0 Å². The topological polar surface area (TPSA) is 38.8 Å². The van der Waals surface area contributed by atoms with Gasteiger partial charge in [-0.05, 0) is 34.1 Å². The van der Waals surface area contributed by atoms with Crippen LogP contribution in [0.4, 0.5) is 0 Å². The molecule has 0 spiro atoms. The van der Waals surface area contributed by atoms with E-state index in [1.165, 1.54) is 0 Å². The molecule has 0 N–H and O–H groups in total. The summed E-state index contributed by atoms with van der Waals surface area (Å²) in [6.45, 7) is 11.9. The highest BCUT2D eigenvalue weighted by Crippen LogP contribution is 2.28. The molecule has 1 atom stereocenters. The number of hydrogen-bond acceptors (Lipinski definition) is 4. The summed E-state index contributed by atoms with van der Waals surface area (Å²) in [6, 6.07) is 0. The van der Waals surface area contributed by atoms with Gasteiger partial charge in [-0.3, -0.25) is 9.69 Å². The van der Waals surface area contributed by atoms with E-state index in [0.29, 0.717) is 18.9 Å². The maximum absolute atomic E-state index is 12.2. The molecule has 2 fully saturated rings. The van der Waals surface area contributed by atoms with Gasteiger partial charge in [-0.2, -0.15) is 0 Å². The molecular formula is C14H25NO3. The van der Waals surface area contributed by atoms with Crippen LogP contribution in [0.15, 0.2) is 0 Å². The molecule has 2 aliphatic heterocycles. The van der Waals surface area contributed by atoms with Crippen molar-refractivity contribution in [2.45, 2.75) is 45.3 Å². The summed E-state index contributed by atoms with van der Waals surface area (Å²) in [6.07, 6.45) is 0.885. The monoisotopic (exact) mass is 255 g/mol. The van der Waals surface area contributed by atoms with E-state index in [0.717, 1.165) is 26.1 Å². The minimum Gasteiger partial charge on any atom is -0.381 e. The average Bonchev–Trinajstić information content (AvgIpc) is 2.63. The molecule has 18 heavy (non-hydrogen) atoms. The first-order valence-corrected chi connectivity index (χ1v) is 6.80. The van der Waals surface area contributed by atoms with Crippen molar-refractivity contribution in [2.75, 3.05) is 32.8 Å². The van der Waals surface area contributed by atoms with E-state index >= 15 is 0 Å². The summed E-state index contributed by atoms with van der Waals surface area (Å²) in [5.74, 6) is 0.431. The molecule has 4 heteroatoms. The second kappa shape index (κ2) is 4.91. The van der Waals surface area contributed by atoms with Crippen molar-refractivity contribution < 1.29 is 14.3 Å². The molecule has 1 unspecified atom stereocenters. The van der Waals surface area contributed by atoms with Crippen LogP contribution in [0.2, 0.25) is 0 Å². The molecule has 2 heterocycles.